The van der Waals surface area contributed by atoms with Gasteiger partial charge in [0.25, 0.3) is 0 Å². The van der Waals surface area contributed by atoms with Crippen LogP contribution in [0.25, 0.3) is 6.08 Å². The fraction of sp³-hybridized carbons (Fsp3) is 0.208. The number of carbonyl (C=O) groups excluding carboxylic acids is 1. The second-order valence-electron chi connectivity index (χ2n) is 7.44. The molecule has 8 heteroatoms. The van der Waals surface area contributed by atoms with Gasteiger partial charge in [0.1, 0.15) is 11.5 Å². The van der Waals surface area contributed by atoms with Crippen LogP contribution < -0.4 is 14.8 Å². The van der Waals surface area contributed by atoms with Crippen LogP contribution in [0.2, 0.25) is 0 Å². The van der Waals surface area contributed by atoms with Gasteiger partial charge in [-0.05, 0) is 80.4 Å². The molecule has 0 saturated heterocycles. The summed E-state index contributed by atoms with van der Waals surface area (Å²) in [6.45, 7) is 5.87. The Morgan fingerprint density at radius 1 is 1.12 bits per heavy atom. The summed E-state index contributed by atoms with van der Waals surface area (Å²) in [6.07, 6.45) is 4.58. The largest absolute Gasteiger partial charge is 0.491 e. The van der Waals surface area contributed by atoms with E-state index in [2.05, 4.69) is 10.0 Å². The highest BCUT2D eigenvalue weighted by atomic mass is 32.2. The van der Waals surface area contributed by atoms with Crippen LogP contribution in [0.1, 0.15) is 30.7 Å². The molecule has 0 bridgehead atoms. The number of benzene rings is 2. The first-order chi connectivity index (χ1) is 15.2. The summed E-state index contributed by atoms with van der Waals surface area (Å²) in [7, 11) is -3.66. The highest BCUT2D eigenvalue weighted by molar-refractivity contribution is 7.89. The smallest absolute Gasteiger partial charge is 0.248 e. The number of ether oxygens (including phenoxy) is 1. The van der Waals surface area contributed by atoms with Crippen molar-refractivity contribution in [3.63, 3.8) is 0 Å². The Kier molecular flexibility index (Phi) is 7.50. The van der Waals surface area contributed by atoms with E-state index in [1.54, 1.807) is 36.4 Å². The summed E-state index contributed by atoms with van der Waals surface area (Å²) in [5.74, 6) is 0.985. The molecular weight excluding hydrogens is 428 g/mol. The van der Waals surface area contributed by atoms with Crippen molar-refractivity contribution in [2.45, 2.75) is 38.3 Å². The van der Waals surface area contributed by atoms with E-state index >= 15 is 0 Å². The molecule has 3 aromatic rings. The number of hydrogen-bond acceptors (Lipinski definition) is 5. The van der Waals surface area contributed by atoms with Crippen molar-refractivity contribution in [3.8, 4) is 5.75 Å². The zero-order chi connectivity index (χ0) is 23.1. The molecule has 0 saturated carbocycles. The van der Waals surface area contributed by atoms with Gasteiger partial charge in [-0.25, -0.2) is 13.1 Å². The molecule has 2 N–H and O–H groups in total. The minimum atomic E-state index is -3.66. The van der Waals surface area contributed by atoms with Gasteiger partial charge in [0.2, 0.25) is 15.9 Å². The van der Waals surface area contributed by atoms with E-state index < -0.39 is 10.0 Å². The second kappa shape index (κ2) is 10.3. The zero-order valence-electron chi connectivity index (χ0n) is 18.2. The molecule has 0 atom stereocenters. The number of aryl methyl sites for hydroxylation is 1. The Bertz CT molecular complexity index is 1180. The third-order valence-corrected chi connectivity index (χ3v) is 5.88. The molecule has 0 spiro atoms. The fourth-order valence-electron chi connectivity index (χ4n) is 2.89. The lowest BCUT2D eigenvalue weighted by Gasteiger charge is -2.12. The SMILES string of the molecule is Cc1cc(OC(C)C)ccc1NC(=O)/C=C/c1ccc(S(=O)(=O)NCc2ccco2)cc1. The lowest BCUT2D eigenvalue weighted by atomic mass is 10.2. The van der Waals surface area contributed by atoms with E-state index in [4.69, 9.17) is 9.15 Å². The van der Waals surface area contributed by atoms with Gasteiger partial charge >= 0.3 is 0 Å². The number of nitrogens with one attached hydrogen (secondary N) is 2. The minimum Gasteiger partial charge on any atom is -0.491 e. The first kappa shape index (κ1) is 23.3. The van der Waals surface area contributed by atoms with Crippen molar-refractivity contribution < 1.29 is 22.4 Å². The highest BCUT2D eigenvalue weighted by Gasteiger charge is 2.14. The van der Waals surface area contributed by atoms with Crippen molar-refractivity contribution >= 4 is 27.7 Å². The predicted octanol–water partition coefficient (Wildman–Crippen LogP) is 4.51. The van der Waals surface area contributed by atoms with Gasteiger partial charge in [-0.1, -0.05) is 12.1 Å². The molecule has 0 aliphatic carbocycles. The van der Waals surface area contributed by atoms with Crippen LogP contribution in [0.15, 0.2) is 76.2 Å². The van der Waals surface area contributed by atoms with Crippen molar-refractivity contribution in [2.24, 2.45) is 0 Å². The third kappa shape index (κ3) is 6.57. The Labute approximate surface area is 188 Å². The summed E-state index contributed by atoms with van der Waals surface area (Å²) in [5, 5.41) is 2.83. The average Bonchev–Trinajstić information content (AvgIpc) is 3.27. The van der Waals surface area contributed by atoms with Gasteiger partial charge < -0.3 is 14.5 Å². The van der Waals surface area contributed by atoms with Crippen molar-refractivity contribution in [2.75, 3.05) is 5.32 Å². The predicted molar refractivity (Wildman–Crippen MR) is 124 cm³/mol. The first-order valence-corrected chi connectivity index (χ1v) is 11.6. The van der Waals surface area contributed by atoms with Crippen molar-refractivity contribution in [1.29, 1.82) is 0 Å². The Hall–Kier alpha value is -3.36. The number of anilines is 1. The van der Waals surface area contributed by atoms with E-state index in [1.807, 2.05) is 32.9 Å². The van der Waals surface area contributed by atoms with Crippen molar-refractivity contribution in [1.82, 2.24) is 4.72 Å². The molecule has 0 aliphatic rings. The summed E-state index contributed by atoms with van der Waals surface area (Å²) < 4.78 is 38.0. The fourth-order valence-corrected chi connectivity index (χ4v) is 3.88. The van der Waals surface area contributed by atoms with Crippen LogP contribution in [-0.4, -0.2) is 20.4 Å². The first-order valence-electron chi connectivity index (χ1n) is 10.1. The van der Waals surface area contributed by atoms with Crippen LogP contribution in [0.5, 0.6) is 5.75 Å². The number of hydrogen-bond donors (Lipinski definition) is 2. The molecule has 168 valence electrons. The third-order valence-electron chi connectivity index (χ3n) is 4.46. The summed E-state index contributed by atoms with van der Waals surface area (Å²) >= 11 is 0. The quantitative estimate of drug-likeness (QED) is 0.464. The van der Waals surface area contributed by atoms with Gasteiger partial charge in [-0.2, -0.15) is 0 Å². The molecular formula is C24H26N2O5S. The van der Waals surface area contributed by atoms with Crippen LogP contribution in [0.4, 0.5) is 5.69 Å². The molecule has 2 aromatic carbocycles. The van der Waals surface area contributed by atoms with Gasteiger partial charge in [-0.3, -0.25) is 4.79 Å². The van der Waals surface area contributed by atoms with E-state index in [-0.39, 0.29) is 23.5 Å². The molecule has 32 heavy (non-hydrogen) atoms. The Balaban J connectivity index is 1.58. The van der Waals surface area contributed by atoms with Crippen LogP contribution in [0, 0.1) is 6.92 Å². The van der Waals surface area contributed by atoms with Crippen LogP contribution in [0.3, 0.4) is 0 Å². The molecule has 0 radical (unpaired) electrons. The topological polar surface area (TPSA) is 97.6 Å². The number of sulfonamides is 1. The Morgan fingerprint density at radius 2 is 1.88 bits per heavy atom. The molecule has 1 amide bonds. The normalized spacial score (nSPS) is 11.8. The molecule has 1 aromatic heterocycles. The van der Waals surface area contributed by atoms with E-state index in [9.17, 15) is 13.2 Å². The summed E-state index contributed by atoms with van der Waals surface area (Å²) in [5.41, 5.74) is 2.28. The lowest BCUT2D eigenvalue weighted by Crippen LogP contribution is -2.22. The monoisotopic (exact) mass is 454 g/mol. The second-order valence-corrected chi connectivity index (χ2v) is 9.21. The summed E-state index contributed by atoms with van der Waals surface area (Å²) in [4.78, 5) is 12.4. The number of furan rings is 1. The number of amides is 1. The van der Waals surface area contributed by atoms with E-state index in [0.717, 1.165) is 11.3 Å². The molecule has 3 rings (SSSR count). The van der Waals surface area contributed by atoms with E-state index in [0.29, 0.717) is 17.0 Å². The minimum absolute atomic E-state index is 0.0706. The molecule has 7 nitrogen and oxygen atoms in total. The Morgan fingerprint density at radius 3 is 2.50 bits per heavy atom. The van der Waals surface area contributed by atoms with Gasteiger partial charge in [-0.15, -0.1) is 0 Å². The van der Waals surface area contributed by atoms with Crippen molar-refractivity contribution in [3.05, 3.63) is 83.8 Å². The average molecular weight is 455 g/mol. The van der Waals surface area contributed by atoms with Crippen LogP contribution in [-0.2, 0) is 21.4 Å². The maximum atomic E-state index is 12.4. The maximum absolute atomic E-state index is 12.4. The summed E-state index contributed by atoms with van der Waals surface area (Å²) in [6, 6.07) is 15.1. The zero-order valence-corrected chi connectivity index (χ0v) is 19.0. The van der Waals surface area contributed by atoms with Gasteiger partial charge in [0.05, 0.1) is 23.8 Å². The maximum Gasteiger partial charge on any atom is 0.248 e. The molecule has 0 aliphatic heterocycles. The molecule has 1 heterocycles. The molecule has 0 fully saturated rings. The van der Waals surface area contributed by atoms with Crippen LogP contribution >= 0.6 is 0 Å². The van der Waals surface area contributed by atoms with Gasteiger partial charge in [0, 0.05) is 11.8 Å². The molecule has 0 unspecified atom stereocenters. The lowest BCUT2D eigenvalue weighted by molar-refractivity contribution is -0.111. The highest BCUT2D eigenvalue weighted by Crippen LogP contribution is 2.22. The standard InChI is InChI=1S/C24H26N2O5S/c1-17(2)31-20-9-12-23(18(3)15-20)26-24(27)13-8-19-6-10-22(11-7-19)32(28,29)25-16-21-5-4-14-30-21/h4-15,17,25H,16H2,1-3H3,(H,26,27)/b13-8+. The van der Waals surface area contributed by atoms with Gasteiger partial charge in [0.15, 0.2) is 0 Å². The number of carbonyl (C=O) groups is 1. The number of rotatable bonds is 9. The van der Waals surface area contributed by atoms with E-state index in [1.165, 1.54) is 24.5 Å².